The molecule has 2 aromatic carbocycles. The summed E-state index contributed by atoms with van der Waals surface area (Å²) in [5, 5.41) is 25.3. The fourth-order valence-electron chi connectivity index (χ4n) is 4.60. The monoisotopic (exact) mass is 638 g/mol. The average molecular weight is 640 g/mol. The summed E-state index contributed by atoms with van der Waals surface area (Å²) in [4.78, 5) is 29.5. The van der Waals surface area contributed by atoms with Crippen LogP contribution in [0, 0.1) is 6.92 Å². The molecule has 13 heteroatoms. The minimum atomic E-state index is -1.41. The zero-order valence-corrected chi connectivity index (χ0v) is 25.3. The Morgan fingerprint density at radius 1 is 1.10 bits per heavy atom. The molecule has 3 aromatic heterocycles. The van der Waals surface area contributed by atoms with E-state index in [1.807, 2.05) is 55.5 Å². The second kappa shape index (κ2) is 12.7. The summed E-state index contributed by atoms with van der Waals surface area (Å²) >= 11 is 0. The van der Waals surface area contributed by atoms with Crippen molar-refractivity contribution in [2.24, 2.45) is 0 Å². The summed E-state index contributed by atoms with van der Waals surface area (Å²) in [5.41, 5.74) is 2.60. The van der Waals surface area contributed by atoms with E-state index in [1.54, 1.807) is 25.3 Å². The van der Waals surface area contributed by atoms with Crippen LogP contribution in [0.15, 0.2) is 62.2 Å². The molecule has 0 aliphatic carbocycles. The van der Waals surface area contributed by atoms with Gasteiger partial charge in [0.2, 0.25) is 5.82 Å². The van der Waals surface area contributed by atoms with E-state index in [1.165, 1.54) is 0 Å². The number of aromatic nitrogens is 6. The van der Waals surface area contributed by atoms with Crippen molar-refractivity contribution in [1.82, 2.24) is 30.2 Å². The Balaban J connectivity index is 0.00000405. The number of nitrogens with zero attached hydrogens (tertiary/aromatic N) is 5. The van der Waals surface area contributed by atoms with Gasteiger partial charge in [-0.1, -0.05) is 55.5 Å². The molecule has 0 amide bonds. The molecule has 0 unspecified atom stereocenters. The third-order valence-electron chi connectivity index (χ3n) is 6.58. The second-order valence-electron chi connectivity index (χ2n) is 10.1. The Hall–Kier alpha value is -4.36. The minimum absolute atomic E-state index is 0. The van der Waals surface area contributed by atoms with Crippen molar-refractivity contribution in [2.75, 3.05) is 0 Å². The SMILES string of the molecule is Br.CCCc1nc(C(C)(C)O)c(C(=O)OCc2oc(=O)oc2C)n1Cc1ccc(-c2ccccc2-c2nn[nH]n2)cc1. The molecule has 0 bridgehead atoms. The Morgan fingerprint density at radius 2 is 1.81 bits per heavy atom. The van der Waals surface area contributed by atoms with E-state index in [0.29, 0.717) is 24.6 Å². The van der Waals surface area contributed by atoms with E-state index in [4.69, 9.17) is 13.6 Å². The molecule has 12 nitrogen and oxygen atoms in total. The lowest BCUT2D eigenvalue weighted by Gasteiger charge is -2.17. The Labute approximate surface area is 251 Å². The van der Waals surface area contributed by atoms with Gasteiger partial charge >= 0.3 is 11.8 Å². The van der Waals surface area contributed by atoms with E-state index < -0.39 is 17.4 Å². The van der Waals surface area contributed by atoms with Crippen molar-refractivity contribution in [2.45, 2.75) is 59.3 Å². The number of ether oxygens (including phenoxy) is 1. The molecule has 0 aliphatic heterocycles. The zero-order valence-electron chi connectivity index (χ0n) is 23.6. The van der Waals surface area contributed by atoms with E-state index in [0.717, 1.165) is 28.7 Å². The number of rotatable bonds is 10. The maximum absolute atomic E-state index is 13.5. The van der Waals surface area contributed by atoms with Crippen LogP contribution in [0.1, 0.15) is 66.3 Å². The molecule has 5 aromatic rings. The van der Waals surface area contributed by atoms with Gasteiger partial charge in [-0.2, -0.15) is 5.21 Å². The number of carbonyl (C=O) groups excluding carboxylic acids is 1. The number of nitrogens with one attached hydrogen (secondary N) is 1. The molecule has 2 N–H and O–H groups in total. The summed E-state index contributed by atoms with van der Waals surface area (Å²) in [6.45, 7) is 6.72. The van der Waals surface area contributed by atoms with E-state index in [2.05, 4.69) is 25.6 Å². The molecule has 220 valence electrons. The molecule has 0 saturated carbocycles. The summed E-state index contributed by atoms with van der Waals surface area (Å²) in [7, 11) is 0. The maximum Gasteiger partial charge on any atom is 0.519 e. The van der Waals surface area contributed by atoms with Crippen molar-refractivity contribution < 1.29 is 23.5 Å². The van der Waals surface area contributed by atoms with Crippen LogP contribution >= 0.6 is 17.0 Å². The molecule has 0 radical (unpaired) electrons. The lowest BCUT2D eigenvalue weighted by Crippen LogP contribution is -2.23. The normalized spacial score (nSPS) is 11.4. The van der Waals surface area contributed by atoms with Gasteiger partial charge in [0, 0.05) is 18.5 Å². The number of H-pyrrole nitrogens is 1. The van der Waals surface area contributed by atoms with Crippen LogP contribution in [0.2, 0.25) is 0 Å². The number of hydrogen-bond acceptors (Lipinski definition) is 10. The third kappa shape index (κ3) is 6.42. The van der Waals surface area contributed by atoms with E-state index >= 15 is 0 Å². The largest absolute Gasteiger partial charge is 0.519 e. The Morgan fingerprint density at radius 3 is 2.40 bits per heavy atom. The first-order chi connectivity index (χ1) is 19.7. The molecule has 0 aliphatic rings. The summed E-state index contributed by atoms with van der Waals surface area (Å²) in [5.74, 6) is -0.0831. The smallest absolute Gasteiger partial charge is 0.453 e. The van der Waals surface area contributed by atoms with Crippen LogP contribution in [0.5, 0.6) is 0 Å². The number of aromatic amines is 1. The number of tetrazole rings is 1. The number of imidazole rings is 1. The highest BCUT2D eigenvalue weighted by molar-refractivity contribution is 8.93. The van der Waals surface area contributed by atoms with Crippen LogP contribution in [0.4, 0.5) is 0 Å². The maximum atomic E-state index is 13.5. The van der Waals surface area contributed by atoms with Gasteiger partial charge in [-0.15, -0.1) is 27.2 Å². The summed E-state index contributed by atoms with van der Waals surface area (Å²) in [6.07, 6.45) is 1.37. The van der Waals surface area contributed by atoms with Gasteiger partial charge in [-0.05, 0) is 49.1 Å². The van der Waals surface area contributed by atoms with Crippen LogP contribution in [-0.2, 0) is 29.9 Å². The van der Waals surface area contributed by atoms with Gasteiger partial charge in [-0.25, -0.2) is 14.6 Å². The van der Waals surface area contributed by atoms with Crippen molar-refractivity contribution >= 4 is 23.0 Å². The molecular weight excluding hydrogens is 608 g/mol. The van der Waals surface area contributed by atoms with E-state index in [9.17, 15) is 14.7 Å². The van der Waals surface area contributed by atoms with Crippen molar-refractivity contribution in [3.05, 3.63) is 93.4 Å². The van der Waals surface area contributed by atoms with Gasteiger partial charge in [-0.3, -0.25) is 0 Å². The first-order valence-electron chi connectivity index (χ1n) is 13.2. The van der Waals surface area contributed by atoms with Crippen LogP contribution in [0.3, 0.4) is 0 Å². The fourth-order valence-corrected chi connectivity index (χ4v) is 4.60. The number of aryl methyl sites for hydroxylation is 2. The van der Waals surface area contributed by atoms with Crippen molar-refractivity contribution in [3.8, 4) is 22.5 Å². The number of hydrogen-bond donors (Lipinski definition) is 2. The third-order valence-corrected chi connectivity index (χ3v) is 6.58. The van der Waals surface area contributed by atoms with Gasteiger partial charge in [0.05, 0.1) is 0 Å². The van der Waals surface area contributed by atoms with Crippen molar-refractivity contribution in [1.29, 1.82) is 0 Å². The predicted octanol–water partition coefficient (Wildman–Crippen LogP) is 4.75. The van der Waals surface area contributed by atoms with Crippen molar-refractivity contribution in [3.63, 3.8) is 0 Å². The lowest BCUT2D eigenvalue weighted by molar-refractivity contribution is 0.0395. The van der Waals surface area contributed by atoms with E-state index in [-0.39, 0.29) is 46.5 Å². The molecule has 0 saturated heterocycles. The first-order valence-corrected chi connectivity index (χ1v) is 13.2. The standard InChI is InChI=1S/C29H30N6O6.BrH/c1-5-8-23-30-25(29(3,4)38)24(27(36)39-16-22-17(2)40-28(37)41-22)35(23)15-18-11-13-19(14-12-18)20-9-6-7-10-21(20)26-31-33-34-32-26;/h6-7,9-14,38H,5,8,15-16H2,1-4H3,(H,31,32,33,34);1H. The van der Waals surface area contributed by atoms with Gasteiger partial charge < -0.3 is 23.2 Å². The molecule has 0 spiro atoms. The molecule has 0 atom stereocenters. The predicted molar refractivity (Wildman–Crippen MR) is 157 cm³/mol. The number of aliphatic hydroxyl groups is 1. The number of halogens is 1. The average Bonchev–Trinajstić information content (AvgIpc) is 3.67. The minimum Gasteiger partial charge on any atom is -0.453 e. The van der Waals surface area contributed by atoms with Gasteiger partial charge in [0.15, 0.2) is 23.8 Å². The quantitative estimate of drug-likeness (QED) is 0.204. The molecule has 5 rings (SSSR count). The second-order valence-corrected chi connectivity index (χ2v) is 10.1. The molecule has 3 heterocycles. The lowest BCUT2D eigenvalue weighted by atomic mass is 9.98. The van der Waals surface area contributed by atoms with Gasteiger partial charge in [0.25, 0.3) is 0 Å². The molecule has 0 fully saturated rings. The van der Waals surface area contributed by atoms with Gasteiger partial charge in [0.1, 0.15) is 17.1 Å². The topological polar surface area (TPSA) is 162 Å². The number of benzene rings is 2. The zero-order chi connectivity index (χ0) is 29.1. The fraction of sp³-hybridized carbons (Fsp3) is 0.310. The number of esters is 1. The Bertz CT molecular complexity index is 1710. The highest BCUT2D eigenvalue weighted by Crippen LogP contribution is 2.31. The number of carbonyl (C=O) groups is 1. The van der Waals surface area contributed by atoms with Crippen LogP contribution in [0.25, 0.3) is 22.5 Å². The summed E-state index contributed by atoms with van der Waals surface area (Å²) in [6, 6.07) is 15.7. The summed E-state index contributed by atoms with van der Waals surface area (Å²) < 4.78 is 17.1. The highest BCUT2D eigenvalue weighted by atomic mass is 79.9. The molecular formula is C29H31BrN6O6. The van der Waals surface area contributed by atoms with Crippen LogP contribution < -0.4 is 5.82 Å². The first kappa shape index (κ1) is 30.6. The molecule has 42 heavy (non-hydrogen) atoms. The Kier molecular flexibility index (Phi) is 9.22. The van der Waals surface area contributed by atoms with Crippen LogP contribution in [-0.4, -0.2) is 41.3 Å². The highest BCUT2D eigenvalue weighted by Gasteiger charge is 2.33.